The minimum Gasteiger partial charge on any atom is -0.465 e. The van der Waals surface area contributed by atoms with E-state index in [2.05, 4.69) is 15.2 Å². The predicted octanol–water partition coefficient (Wildman–Crippen LogP) is 4.73. The van der Waals surface area contributed by atoms with Crippen LogP contribution in [0.1, 0.15) is 33.1 Å². The van der Waals surface area contributed by atoms with Crippen LogP contribution in [-0.4, -0.2) is 44.6 Å². The van der Waals surface area contributed by atoms with E-state index in [0.717, 1.165) is 54.8 Å². The van der Waals surface area contributed by atoms with Gasteiger partial charge >= 0.3 is 6.09 Å². The molecule has 8 heteroatoms. The van der Waals surface area contributed by atoms with Gasteiger partial charge in [-0.05, 0) is 69.4 Å². The Morgan fingerprint density at radius 2 is 1.93 bits per heavy atom. The Morgan fingerprint density at radius 3 is 2.60 bits per heavy atom. The lowest BCUT2D eigenvalue weighted by molar-refractivity contribution is 0.174. The van der Waals surface area contributed by atoms with Gasteiger partial charge in [-0.1, -0.05) is 11.6 Å². The predicted molar refractivity (Wildman–Crippen MR) is 119 cm³/mol. The van der Waals surface area contributed by atoms with Crippen LogP contribution in [0.25, 0.3) is 16.6 Å². The molecule has 1 amide bonds. The fourth-order valence-electron chi connectivity index (χ4n) is 4.37. The third-order valence-corrected chi connectivity index (χ3v) is 5.95. The number of anilines is 1. The number of rotatable bonds is 5. The first-order valence-electron chi connectivity index (χ1n) is 10.2. The molecule has 0 atom stereocenters. The van der Waals surface area contributed by atoms with Gasteiger partial charge in [0.15, 0.2) is 5.82 Å². The maximum Gasteiger partial charge on any atom is 0.405 e. The van der Waals surface area contributed by atoms with Gasteiger partial charge < -0.3 is 15.3 Å². The fourth-order valence-corrected chi connectivity index (χ4v) is 4.50. The molecule has 1 saturated heterocycles. The number of halogens is 1. The maximum absolute atomic E-state index is 11.0. The van der Waals surface area contributed by atoms with E-state index in [4.69, 9.17) is 21.8 Å². The SMILES string of the molecule is CC(C)(CC1CCN(c2nn(-c3ccc(Cl)cc3)c3cnccc23)CC1)NC(=O)O. The van der Waals surface area contributed by atoms with Crippen LogP contribution in [0.4, 0.5) is 10.6 Å². The van der Waals surface area contributed by atoms with Crippen LogP contribution in [0, 0.1) is 5.92 Å². The molecule has 0 radical (unpaired) electrons. The van der Waals surface area contributed by atoms with E-state index in [1.54, 1.807) is 6.20 Å². The van der Waals surface area contributed by atoms with Crippen molar-refractivity contribution in [2.24, 2.45) is 5.92 Å². The molecular weight excluding hydrogens is 402 g/mol. The highest BCUT2D eigenvalue weighted by atomic mass is 35.5. The molecule has 7 nitrogen and oxygen atoms in total. The molecule has 3 aromatic rings. The lowest BCUT2D eigenvalue weighted by atomic mass is 9.84. The highest BCUT2D eigenvalue weighted by molar-refractivity contribution is 6.30. The standard InChI is InChI=1S/C22H26ClN5O2/c1-22(2,25-21(29)30)13-15-8-11-27(12-9-15)20-18-7-10-24-14-19(18)28(26-20)17-5-3-16(23)4-6-17/h3-7,10,14-15,25H,8-9,11-13H2,1-2H3,(H,29,30). The molecule has 1 aromatic carbocycles. The first-order valence-corrected chi connectivity index (χ1v) is 10.5. The minimum atomic E-state index is -0.967. The van der Waals surface area contributed by atoms with Gasteiger partial charge in [-0.3, -0.25) is 4.98 Å². The number of nitrogens with zero attached hydrogens (tertiary/aromatic N) is 4. The van der Waals surface area contributed by atoms with Gasteiger partial charge in [0.2, 0.25) is 0 Å². The zero-order chi connectivity index (χ0) is 21.3. The van der Waals surface area contributed by atoms with E-state index in [9.17, 15) is 4.79 Å². The average Bonchev–Trinajstić information content (AvgIpc) is 3.08. The third kappa shape index (κ3) is 4.36. The molecule has 0 unspecified atom stereocenters. The number of amides is 1. The van der Waals surface area contributed by atoms with Gasteiger partial charge in [0.05, 0.1) is 17.4 Å². The Hall–Kier alpha value is -2.80. The van der Waals surface area contributed by atoms with Crippen LogP contribution in [0.3, 0.4) is 0 Å². The first kappa shape index (κ1) is 20.5. The minimum absolute atomic E-state index is 0.423. The van der Waals surface area contributed by atoms with Gasteiger partial charge in [-0.2, -0.15) is 0 Å². The summed E-state index contributed by atoms with van der Waals surface area (Å²) >= 11 is 6.04. The van der Waals surface area contributed by atoms with E-state index in [1.807, 2.05) is 55.1 Å². The molecule has 1 aliphatic heterocycles. The molecule has 2 aromatic heterocycles. The quantitative estimate of drug-likeness (QED) is 0.615. The summed E-state index contributed by atoms with van der Waals surface area (Å²) in [6.07, 6.45) is 5.51. The zero-order valence-corrected chi connectivity index (χ0v) is 17.9. The van der Waals surface area contributed by atoms with Crippen LogP contribution in [0.2, 0.25) is 5.02 Å². The Balaban J connectivity index is 1.54. The summed E-state index contributed by atoms with van der Waals surface area (Å²) in [7, 11) is 0. The highest BCUT2D eigenvalue weighted by Crippen LogP contribution is 2.33. The smallest absolute Gasteiger partial charge is 0.405 e. The summed E-state index contributed by atoms with van der Waals surface area (Å²) in [6, 6.07) is 9.64. The molecule has 0 saturated carbocycles. The van der Waals surface area contributed by atoms with Crippen LogP contribution in [0.15, 0.2) is 42.7 Å². The third-order valence-electron chi connectivity index (χ3n) is 5.69. The van der Waals surface area contributed by atoms with Crippen LogP contribution in [-0.2, 0) is 0 Å². The van der Waals surface area contributed by atoms with Crippen molar-refractivity contribution in [1.82, 2.24) is 20.1 Å². The summed E-state index contributed by atoms with van der Waals surface area (Å²) in [5, 5.41) is 18.4. The van der Waals surface area contributed by atoms with Crippen molar-refractivity contribution in [3.05, 3.63) is 47.7 Å². The zero-order valence-electron chi connectivity index (χ0n) is 17.2. The number of pyridine rings is 1. The monoisotopic (exact) mass is 427 g/mol. The van der Waals surface area contributed by atoms with E-state index in [-0.39, 0.29) is 0 Å². The molecule has 2 N–H and O–H groups in total. The van der Waals surface area contributed by atoms with E-state index in [0.29, 0.717) is 10.9 Å². The van der Waals surface area contributed by atoms with Crippen molar-refractivity contribution in [2.75, 3.05) is 18.0 Å². The Labute approximate surface area is 180 Å². The number of fused-ring (bicyclic) bond motifs is 1. The Bertz CT molecular complexity index is 1040. The summed E-state index contributed by atoms with van der Waals surface area (Å²) in [5.74, 6) is 1.44. The second kappa shape index (κ2) is 8.14. The van der Waals surface area contributed by atoms with E-state index < -0.39 is 11.6 Å². The topological polar surface area (TPSA) is 83.3 Å². The Morgan fingerprint density at radius 1 is 1.23 bits per heavy atom. The van der Waals surface area contributed by atoms with Crippen molar-refractivity contribution >= 4 is 34.4 Å². The molecule has 30 heavy (non-hydrogen) atoms. The number of nitrogens with one attached hydrogen (secondary N) is 1. The fraction of sp³-hybridized carbons (Fsp3) is 0.409. The number of hydrogen-bond acceptors (Lipinski definition) is 4. The van der Waals surface area contributed by atoms with Gasteiger partial charge in [0.1, 0.15) is 0 Å². The van der Waals surface area contributed by atoms with Gasteiger partial charge in [0, 0.05) is 35.2 Å². The van der Waals surface area contributed by atoms with Crippen molar-refractivity contribution in [1.29, 1.82) is 0 Å². The lowest BCUT2D eigenvalue weighted by Crippen LogP contribution is -2.45. The molecule has 4 rings (SSSR count). The van der Waals surface area contributed by atoms with Crippen LogP contribution >= 0.6 is 11.6 Å². The normalized spacial score (nSPS) is 15.5. The number of carboxylic acid groups (broad SMARTS) is 1. The van der Waals surface area contributed by atoms with Crippen molar-refractivity contribution in [3.63, 3.8) is 0 Å². The second-order valence-electron chi connectivity index (χ2n) is 8.55. The Kier molecular flexibility index (Phi) is 5.56. The van der Waals surface area contributed by atoms with Crippen LogP contribution in [0.5, 0.6) is 0 Å². The molecule has 0 spiro atoms. The average molecular weight is 428 g/mol. The molecule has 1 aliphatic rings. The van der Waals surface area contributed by atoms with Crippen molar-refractivity contribution in [3.8, 4) is 5.69 Å². The van der Waals surface area contributed by atoms with Crippen LogP contribution < -0.4 is 10.2 Å². The molecule has 0 bridgehead atoms. The van der Waals surface area contributed by atoms with Gasteiger partial charge in [-0.15, -0.1) is 5.10 Å². The van der Waals surface area contributed by atoms with Gasteiger partial charge in [0.25, 0.3) is 0 Å². The van der Waals surface area contributed by atoms with Crippen molar-refractivity contribution < 1.29 is 9.90 Å². The summed E-state index contributed by atoms with van der Waals surface area (Å²) in [4.78, 5) is 17.6. The van der Waals surface area contributed by atoms with E-state index in [1.165, 1.54) is 0 Å². The number of benzene rings is 1. The largest absolute Gasteiger partial charge is 0.465 e. The van der Waals surface area contributed by atoms with Gasteiger partial charge in [-0.25, -0.2) is 9.48 Å². The molecule has 158 valence electrons. The van der Waals surface area contributed by atoms with E-state index >= 15 is 0 Å². The molecule has 1 fully saturated rings. The molecular formula is C22H26ClN5O2. The number of carbonyl (C=O) groups is 1. The van der Waals surface area contributed by atoms with Crippen molar-refractivity contribution in [2.45, 2.75) is 38.6 Å². The second-order valence-corrected chi connectivity index (χ2v) is 8.99. The number of aromatic nitrogens is 3. The molecule has 0 aliphatic carbocycles. The number of piperidine rings is 1. The number of hydrogen-bond donors (Lipinski definition) is 2. The highest BCUT2D eigenvalue weighted by Gasteiger charge is 2.29. The maximum atomic E-state index is 11.0. The first-order chi connectivity index (χ1) is 14.3. The molecule has 3 heterocycles. The summed E-state index contributed by atoms with van der Waals surface area (Å²) in [6.45, 7) is 5.68. The lowest BCUT2D eigenvalue weighted by Gasteiger charge is -2.36. The summed E-state index contributed by atoms with van der Waals surface area (Å²) in [5.41, 5.74) is 1.48. The summed E-state index contributed by atoms with van der Waals surface area (Å²) < 4.78 is 1.92.